The van der Waals surface area contributed by atoms with Crippen LogP contribution in [0.1, 0.15) is 17.5 Å². The van der Waals surface area contributed by atoms with Crippen molar-refractivity contribution < 1.29 is 23.7 Å². The number of hydrogen-bond acceptors (Lipinski definition) is 5. The third-order valence-electron chi connectivity index (χ3n) is 4.78. The predicted molar refractivity (Wildman–Crippen MR) is 121 cm³/mol. The van der Waals surface area contributed by atoms with E-state index in [0.29, 0.717) is 40.9 Å². The Morgan fingerprint density at radius 2 is 1.48 bits per heavy atom. The molecule has 1 N–H and O–H groups in total. The maximum absolute atomic E-state index is 12.6. The van der Waals surface area contributed by atoms with Crippen LogP contribution >= 0.6 is 0 Å². The van der Waals surface area contributed by atoms with E-state index in [2.05, 4.69) is 5.32 Å². The van der Waals surface area contributed by atoms with E-state index in [4.69, 9.17) is 18.9 Å². The van der Waals surface area contributed by atoms with Crippen molar-refractivity contribution in [3.63, 3.8) is 0 Å². The molecule has 3 aromatic carbocycles. The first kappa shape index (κ1) is 22.0. The number of ether oxygens (including phenoxy) is 4. The summed E-state index contributed by atoms with van der Waals surface area (Å²) in [5.74, 6) is 2.84. The molecule has 0 heterocycles. The quantitative estimate of drug-likeness (QED) is 0.502. The van der Waals surface area contributed by atoms with Crippen molar-refractivity contribution >= 4 is 11.6 Å². The highest BCUT2D eigenvalue weighted by molar-refractivity contribution is 5.92. The van der Waals surface area contributed by atoms with Crippen molar-refractivity contribution in [2.24, 2.45) is 0 Å². The lowest BCUT2D eigenvalue weighted by molar-refractivity contribution is -0.116. The molecule has 0 spiro atoms. The van der Waals surface area contributed by atoms with Crippen LogP contribution in [0.5, 0.6) is 28.7 Å². The number of nitrogens with one attached hydrogen (secondary N) is 1. The van der Waals surface area contributed by atoms with Gasteiger partial charge in [0.05, 0.1) is 27.0 Å². The Labute approximate surface area is 182 Å². The lowest BCUT2D eigenvalue weighted by Crippen LogP contribution is -2.13. The molecule has 0 aromatic heterocycles. The monoisotopic (exact) mass is 421 g/mol. The minimum absolute atomic E-state index is 0.117. The van der Waals surface area contributed by atoms with Crippen molar-refractivity contribution in [2.45, 2.75) is 19.8 Å². The second kappa shape index (κ2) is 10.4. The smallest absolute Gasteiger partial charge is 0.224 e. The maximum atomic E-state index is 12.6. The molecule has 1 amide bonds. The molecule has 0 saturated heterocycles. The van der Waals surface area contributed by atoms with Crippen LogP contribution in [0.2, 0.25) is 0 Å². The van der Waals surface area contributed by atoms with Gasteiger partial charge in [-0.05, 0) is 55.3 Å². The Morgan fingerprint density at radius 3 is 2.10 bits per heavy atom. The molecular formula is C25H27NO5. The van der Waals surface area contributed by atoms with E-state index in [9.17, 15) is 4.79 Å². The van der Waals surface area contributed by atoms with Gasteiger partial charge in [-0.15, -0.1) is 0 Å². The van der Waals surface area contributed by atoms with E-state index in [0.717, 1.165) is 11.1 Å². The zero-order valence-corrected chi connectivity index (χ0v) is 18.2. The molecule has 0 fully saturated rings. The highest BCUT2D eigenvalue weighted by Crippen LogP contribution is 2.38. The standard InChI is InChI=1S/C25H27NO5/c1-17-9-12-19(13-10-17)31-21-8-6-5-7-20(21)26-24(27)14-11-18-15-22(28-2)25(30-4)23(16-18)29-3/h5-10,12-13,15-16H,11,14H2,1-4H3,(H,26,27). The normalized spacial score (nSPS) is 10.3. The Morgan fingerprint density at radius 1 is 0.839 bits per heavy atom. The van der Waals surface area contributed by atoms with Gasteiger partial charge in [-0.3, -0.25) is 4.79 Å². The first-order valence-electron chi connectivity index (χ1n) is 9.96. The van der Waals surface area contributed by atoms with Crippen LogP contribution < -0.4 is 24.3 Å². The van der Waals surface area contributed by atoms with Gasteiger partial charge in [0.2, 0.25) is 11.7 Å². The van der Waals surface area contributed by atoms with Gasteiger partial charge in [-0.2, -0.15) is 0 Å². The highest BCUT2D eigenvalue weighted by Gasteiger charge is 2.14. The zero-order chi connectivity index (χ0) is 22.2. The van der Waals surface area contributed by atoms with Crippen LogP contribution in [-0.4, -0.2) is 27.2 Å². The summed E-state index contributed by atoms with van der Waals surface area (Å²) in [6.07, 6.45) is 0.807. The van der Waals surface area contributed by atoms with Crippen LogP contribution in [-0.2, 0) is 11.2 Å². The fourth-order valence-electron chi connectivity index (χ4n) is 3.14. The molecule has 0 radical (unpaired) electrons. The van der Waals surface area contributed by atoms with Gasteiger partial charge in [-0.25, -0.2) is 0 Å². The van der Waals surface area contributed by atoms with E-state index in [1.807, 2.05) is 67.6 Å². The van der Waals surface area contributed by atoms with Gasteiger partial charge in [-0.1, -0.05) is 29.8 Å². The Balaban J connectivity index is 1.67. The SMILES string of the molecule is COc1cc(CCC(=O)Nc2ccccc2Oc2ccc(C)cc2)cc(OC)c1OC. The van der Waals surface area contributed by atoms with Gasteiger partial charge in [0.25, 0.3) is 0 Å². The number of aryl methyl sites for hydroxylation is 2. The number of para-hydroxylation sites is 2. The van der Waals surface area contributed by atoms with E-state index >= 15 is 0 Å². The Hall–Kier alpha value is -3.67. The fourth-order valence-corrected chi connectivity index (χ4v) is 3.14. The summed E-state index contributed by atoms with van der Waals surface area (Å²) in [5, 5.41) is 2.94. The minimum Gasteiger partial charge on any atom is -0.493 e. The van der Waals surface area contributed by atoms with Crippen LogP contribution in [0, 0.1) is 6.92 Å². The molecule has 0 bridgehead atoms. The van der Waals surface area contributed by atoms with Crippen molar-refractivity contribution in [3.05, 3.63) is 71.8 Å². The molecule has 3 aromatic rings. The van der Waals surface area contributed by atoms with Crippen molar-refractivity contribution in [1.29, 1.82) is 0 Å². The second-order valence-electron chi connectivity index (χ2n) is 6.99. The first-order chi connectivity index (χ1) is 15.0. The van der Waals surface area contributed by atoms with Gasteiger partial charge in [0, 0.05) is 6.42 Å². The number of rotatable bonds is 9. The van der Waals surface area contributed by atoms with Crippen molar-refractivity contribution in [3.8, 4) is 28.7 Å². The molecule has 0 unspecified atom stereocenters. The molecule has 0 aliphatic heterocycles. The molecule has 6 heteroatoms. The average molecular weight is 421 g/mol. The van der Waals surface area contributed by atoms with E-state index in [-0.39, 0.29) is 12.3 Å². The molecular weight excluding hydrogens is 394 g/mol. The molecule has 0 saturated carbocycles. The molecule has 0 atom stereocenters. The number of hydrogen-bond donors (Lipinski definition) is 1. The van der Waals surface area contributed by atoms with Crippen LogP contribution in [0.4, 0.5) is 5.69 Å². The van der Waals surface area contributed by atoms with Gasteiger partial charge in [0.1, 0.15) is 5.75 Å². The summed E-state index contributed by atoms with van der Waals surface area (Å²) in [6, 6.07) is 18.8. The number of carbonyl (C=O) groups is 1. The summed E-state index contributed by atoms with van der Waals surface area (Å²) in [4.78, 5) is 12.6. The summed E-state index contributed by atoms with van der Waals surface area (Å²) >= 11 is 0. The third kappa shape index (κ3) is 5.69. The molecule has 3 rings (SSSR count). The van der Waals surface area contributed by atoms with E-state index in [1.165, 1.54) is 0 Å². The largest absolute Gasteiger partial charge is 0.493 e. The average Bonchev–Trinajstić information content (AvgIpc) is 2.79. The molecule has 0 aliphatic rings. The lowest BCUT2D eigenvalue weighted by atomic mass is 10.1. The van der Waals surface area contributed by atoms with Crippen molar-refractivity contribution in [1.82, 2.24) is 0 Å². The number of carbonyl (C=O) groups excluding carboxylic acids is 1. The third-order valence-corrected chi connectivity index (χ3v) is 4.78. The van der Waals surface area contributed by atoms with Crippen LogP contribution in [0.3, 0.4) is 0 Å². The van der Waals surface area contributed by atoms with Crippen LogP contribution in [0.15, 0.2) is 60.7 Å². The number of benzene rings is 3. The summed E-state index contributed by atoms with van der Waals surface area (Å²) < 4.78 is 22.1. The minimum atomic E-state index is -0.117. The number of methoxy groups -OCH3 is 3. The predicted octanol–water partition coefficient (Wildman–Crippen LogP) is 5.38. The van der Waals surface area contributed by atoms with E-state index in [1.54, 1.807) is 21.3 Å². The summed E-state index contributed by atoms with van der Waals surface area (Å²) in [5.41, 5.74) is 2.69. The summed E-state index contributed by atoms with van der Waals surface area (Å²) in [7, 11) is 4.70. The molecule has 162 valence electrons. The molecule has 6 nitrogen and oxygen atoms in total. The Bertz CT molecular complexity index is 1010. The second-order valence-corrected chi connectivity index (χ2v) is 6.99. The molecule has 0 aliphatic carbocycles. The fraction of sp³-hybridized carbons (Fsp3) is 0.240. The van der Waals surface area contributed by atoms with E-state index < -0.39 is 0 Å². The lowest BCUT2D eigenvalue weighted by Gasteiger charge is -2.14. The maximum Gasteiger partial charge on any atom is 0.224 e. The molecule has 31 heavy (non-hydrogen) atoms. The highest BCUT2D eigenvalue weighted by atomic mass is 16.5. The van der Waals surface area contributed by atoms with Gasteiger partial charge >= 0.3 is 0 Å². The number of amides is 1. The Kier molecular flexibility index (Phi) is 7.38. The summed E-state index contributed by atoms with van der Waals surface area (Å²) in [6.45, 7) is 2.02. The van der Waals surface area contributed by atoms with Gasteiger partial charge < -0.3 is 24.3 Å². The number of anilines is 1. The zero-order valence-electron chi connectivity index (χ0n) is 18.2. The first-order valence-corrected chi connectivity index (χ1v) is 9.96. The van der Waals surface area contributed by atoms with Gasteiger partial charge in [0.15, 0.2) is 17.2 Å². The topological polar surface area (TPSA) is 66.0 Å². The van der Waals surface area contributed by atoms with Crippen LogP contribution in [0.25, 0.3) is 0 Å². The van der Waals surface area contributed by atoms with Crippen molar-refractivity contribution in [2.75, 3.05) is 26.6 Å².